The van der Waals surface area contributed by atoms with E-state index in [4.69, 9.17) is 0 Å². The van der Waals surface area contributed by atoms with Gasteiger partial charge in [0.25, 0.3) is 5.56 Å². The van der Waals surface area contributed by atoms with Gasteiger partial charge in [0.15, 0.2) is 11.2 Å². The molecule has 0 aromatic carbocycles. The average Bonchev–Trinajstić information content (AvgIpc) is 2.94. The van der Waals surface area contributed by atoms with Gasteiger partial charge < -0.3 is 9.67 Å². The second-order valence-corrected chi connectivity index (χ2v) is 8.11. The highest BCUT2D eigenvalue weighted by atomic mass is 16.3. The van der Waals surface area contributed by atoms with E-state index in [-0.39, 0.29) is 17.2 Å². The summed E-state index contributed by atoms with van der Waals surface area (Å²) in [6, 6.07) is 0.327. The highest BCUT2D eigenvalue weighted by Crippen LogP contribution is 2.33. The highest BCUT2D eigenvalue weighted by molar-refractivity contribution is 5.70. The van der Waals surface area contributed by atoms with Gasteiger partial charge in [0.05, 0.1) is 11.9 Å². The molecule has 0 spiro atoms. The fourth-order valence-corrected chi connectivity index (χ4v) is 4.13. The van der Waals surface area contributed by atoms with Crippen molar-refractivity contribution in [2.45, 2.75) is 70.1 Å². The van der Waals surface area contributed by atoms with E-state index >= 15 is 0 Å². The normalized spacial score (nSPS) is 27.6. The Morgan fingerprint density at radius 2 is 1.92 bits per heavy atom. The van der Waals surface area contributed by atoms with E-state index in [1.165, 1.54) is 15.6 Å². The van der Waals surface area contributed by atoms with E-state index in [9.17, 15) is 14.7 Å². The van der Waals surface area contributed by atoms with Crippen molar-refractivity contribution in [3.05, 3.63) is 27.2 Å². The maximum Gasteiger partial charge on any atom is 0.332 e. The summed E-state index contributed by atoms with van der Waals surface area (Å²) in [6.45, 7) is 2.28. The zero-order valence-corrected chi connectivity index (χ0v) is 14.9. The first-order valence-electron chi connectivity index (χ1n) is 9.26. The van der Waals surface area contributed by atoms with Crippen molar-refractivity contribution >= 4 is 11.2 Å². The summed E-state index contributed by atoms with van der Waals surface area (Å²) in [5, 5.41) is 10.1. The number of hydrogen-bond acceptors (Lipinski definition) is 4. The number of fused-ring (bicyclic) bond motifs is 1. The topological polar surface area (TPSA) is 82.0 Å². The summed E-state index contributed by atoms with van der Waals surface area (Å²) < 4.78 is 4.83. The summed E-state index contributed by atoms with van der Waals surface area (Å²) in [5.41, 5.74) is -0.105. The Bertz CT molecular complexity index is 907. The van der Waals surface area contributed by atoms with Crippen molar-refractivity contribution in [2.24, 2.45) is 13.0 Å². The van der Waals surface area contributed by atoms with Crippen LogP contribution in [0.1, 0.15) is 57.9 Å². The number of aromatic nitrogens is 4. The molecule has 2 aromatic heterocycles. The lowest BCUT2D eigenvalue weighted by Crippen LogP contribution is -2.42. The zero-order chi connectivity index (χ0) is 17.8. The van der Waals surface area contributed by atoms with E-state index < -0.39 is 5.60 Å². The first-order chi connectivity index (χ1) is 11.9. The molecule has 0 unspecified atom stereocenters. The van der Waals surface area contributed by atoms with Crippen LogP contribution in [0, 0.1) is 5.92 Å². The first-order valence-corrected chi connectivity index (χ1v) is 9.26. The average molecular weight is 346 g/mol. The van der Waals surface area contributed by atoms with Crippen molar-refractivity contribution in [2.75, 3.05) is 0 Å². The summed E-state index contributed by atoms with van der Waals surface area (Å²) in [7, 11) is 1.68. The molecule has 0 radical (unpaired) electrons. The van der Waals surface area contributed by atoms with E-state index in [2.05, 4.69) is 4.98 Å². The molecule has 2 aromatic rings. The van der Waals surface area contributed by atoms with Gasteiger partial charge in [-0.1, -0.05) is 0 Å². The number of aliphatic hydroxyl groups is 1. The van der Waals surface area contributed by atoms with Crippen LogP contribution in [0.2, 0.25) is 0 Å². The van der Waals surface area contributed by atoms with E-state index in [0.29, 0.717) is 23.8 Å². The van der Waals surface area contributed by atoms with Gasteiger partial charge in [-0.15, -0.1) is 0 Å². The molecular formula is C18H26N4O3. The number of nitrogens with zero attached hydrogens (tertiary/aromatic N) is 4. The minimum Gasteiger partial charge on any atom is -0.390 e. The fraction of sp³-hybridized carbons (Fsp3) is 0.722. The highest BCUT2D eigenvalue weighted by Gasteiger charge is 2.30. The maximum atomic E-state index is 13.1. The van der Waals surface area contributed by atoms with Crippen LogP contribution in [0.25, 0.3) is 11.2 Å². The van der Waals surface area contributed by atoms with Crippen LogP contribution in [0.4, 0.5) is 0 Å². The van der Waals surface area contributed by atoms with Gasteiger partial charge in [0, 0.05) is 19.6 Å². The molecule has 2 aliphatic carbocycles. The molecule has 25 heavy (non-hydrogen) atoms. The molecule has 2 heterocycles. The van der Waals surface area contributed by atoms with Gasteiger partial charge in [-0.25, -0.2) is 9.78 Å². The molecule has 7 heteroatoms. The molecule has 2 saturated carbocycles. The number of rotatable bonds is 3. The third-order valence-corrected chi connectivity index (χ3v) is 6.15. The first kappa shape index (κ1) is 16.6. The Labute approximate surface area is 145 Å². The SMILES string of the molecule is Cn1c(=O)n(CC2CCC(C)(O)CC2)c(=O)c2c1ncn2C1CCC1. The quantitative estimate of drug-likeness (QED) is 0.914. The molecular weight excluding hydrogens is 320 g/mol. The lowest BCUT2D eigenvalue weighted by Gasteiger charge is -2.33. The Hall–Kier alpha value is -1.89. The van der Waals surface area contributed by atoms with Gasteiger partial charge in [-0.2, -0.15) is 0 Å². The molecule has 0 saturated heterocycles. The van der Waals surface area contributed by atoms with Crippen molar-refractivity contribution in [3.8, 4) is 0 Å². The lowest BCUT2D eigenvalue weighted by molar-refractivity contribution is 0.00550. The smallest absolute Gasteiger partial charge is 0.332 e. The Morgan fingerprint density at radius 1 is 1.24 bits per heavy atom. The number of hydrogen-bond donors (Lipinski definition) is 1. The molecule has 0 atom stereocenters. The molecule has 1 N–H and O–H groups in total. The van der Waals surface area contributed by atoms with Crippen LogP contribution in [-0.2, 0) is 13.6 Å². The lowest BCUT2D eigenvalue weighted by atomic mass is 9.80. The zero-order valence-electron chi connectivity index (χ0n) is 14.9. The third-order valence-electron chi connectivity index (χ3n) is 6.15. The van der Waals surface area contributed by atoms with Gasteiger partial charge >= 0.3 is 5.69 Å². The van der Waals surface area contributed by atoms with E-state index in [1.54, 1.807) is 13.4 Å². The summed E-state index contributed by atoms with van der Waals surface area (Å²) in [4.78, 5) is 30.1. The predicted octanol–water partition coefficient (Wildman–Crippen LogP) is 1.56. The van der Waals surface area contributed by atoms with Crippen LogP contribution in [0.5, 0.6) is 0 Å². The molecule has 0 bridgehead atoms. The van der Waals surface area contributed by atoms with Crippen molar-refractivity contribution in [1.29, 1.82) is 0 Å². The molecule has 2 aliphatic rings. The fourth-order valence-electron chi connectivity index (χ4n) is 4.13. The minimum atomic E-state index is -0.612. The number of imidazole rings is 1. The molecule has 0 aliphatic heterocycles. The van der Waals surface area contributed by atoms with Crippen LogP contribution in [-0.4, -0.2) is 29.4 Å². The van der Waals surface area contributed by atoms with Crippen molar-refractivity contribution in [3.63, 3.8) is 0 Å². The second kappa shape index (κ2) is 5.83. The molecule has 4 rings (SSSR count). The Balaban J connectivity index is 1.73. The summed E-state index contributed by atoms with van der Waals surface area (Å²) >= 11 is 0. The van der Waals surface area contributed by atoms with E-state index in [0.717, 1.165) is 38.5 Å². The standard InChI is InChI=1S/C18H26N4O3/c1-18(25)8-6-12(7-9-18)10-21-16(23)14-15(20(2)17(21)24)19-11-22(14)13-4-3-5-13/h11-13,25H,3-10H2,1-2H3. The van der Waals surface area contributed by atoms with Gasteiger partial charge in [-0.05, 0) is 57.8 Å². The predicted molar refractivity (Wildman–Crippen MR) is 94.7 cm³/mol. The van der Waals surface area contributed by atoms with Crippen LogP contribution >= 0.6 is 0 Å². The maximum absolute atomic E-state index is 13.1. The molecule has 0 amide bonds. The van der Waals surface area contributed by atoms with Gasteiger partial charge in [0.1, 0.15) is 0 Å². The van der Waals surface area contributed by atoms with Crippen LogP contribution < -0.4 is 11.2 Å². The van der Waals surface area contributed by atoms with Crippen molar-refractivity contribution < 1.29 is 5.11 Å². The van der Waals surface area contributed by atoms with Crippen molar-refractivity contribution in [1.82, 2.24) is 18.7 Å². The third kappa shape index (κ3) is 2.74. The monoisotopic (exact) mass is 346 g/mol. The van der Waals surface area contributed by atoms with Gasteiger partial charge in [-0.3, -0.25) is 13.9 Å². The summed E-state index contributed by atoms with van der Waals surface area (Å²) in [5.74, 6) is 0.253. The Morgan fingerprint density at radius 3 is 2.52 bits per heavy atom. The second-order valence-electron chi connectivity index (χ2n) is 8.11. The minimum absolute atomic E-state index is 0.222. The van der Waals surface area contributed by atoms with E-state index in [1.807, 2.05) is 11.5 Å². The van der Waals surface area contributed by atoms with Gasteiger partial charge in [0.2, 0.25) is 0 Å². The van der Waals surface area contributed by atoms with Crippen LogP contribution in [0.3, 0.4) is 0 Å². The van der Waals surface area contributed by atoms with Crippen LogP contribution in [0.15, 0.2) is 15.9 Å². The Kier molecular flexibility index (Phi) is 3.86. The number of aryl methyl sites for hydroxylation is 1. The molecule has 136 valence electrons. The largest absolute Gasteiger partial charge is 0.390 e. The molecule has 2 fully saturated rings. The summed E-state index contributed by atoms with van der Waals surface area (Å²) in [6.07, 6.45) is 8.11. The molecule has 7 nitrogen and oxygen atoms in total.